The molecule has 4 aromatic rings. The molecule has 0 fully saturated rings. The zero-order valence-electron chi connectivity index (χ0n) is 13.2. The summed E-state index contributed by atoms with van der Waals surface area (Å²) < 4.78 is 1.84. The Hall–Kier alpha value is -3.21. The lowest BCUT2D eigenvalue weighted by Crippen LogP contribution is -2.13. The first-order valence-corrected chi connectivity index (χ1v) is 7.77. The van der Waals surface area contributed by atoms with Crippen molar-refractivity contribution in [2.24, 2.45) is 0 Å². The smallest absolute Gasteiger partial charge is 0.277 e. The van der Waals surface area contributed by atoms with Crippen LogP contribution in [0.5, 0.6) is 0 Å². The van der Waals surface area contributed by atoms with Crippen molar-refractivity contribution < 1.29 is 0 Å². The third-order valence-electron chi connectivity index (χ3n) is 3.97. The molecule has 0 spiro atoms. The predicted molar refractivity (Wildman–Crippen MR) is 93.9 cm³/mol. The molecule has 1 N–H and O–H groups in total. The van der Waals surface area contributed by atoms with E-state index in [0.29, 0.717) is 23.5 Å². The molecule has 2 heterocycles. The van der Waals surface area contributed by atoms with Gasteiger partial charge < -0.3 is 9.55 Å². The van der Waals surface area contributed by atoms with Gasteiger partial charge in [-0.05, 0) is 12.5 Å². The van der Waals surface area contributed by atoms with Crippen molar-refractivity contribution in [3.05, 3.63) is 82.4 Å². The summed E-state index contributed by atoms with van der Waals surface area (Å²) in [7, 11) is 0. The third kappa shape index (κ3) is 2.60. The summed E-state index contributed by atoms with van der Waals surface area (Å²) in [6, 6.07) is 17.8. The molecule has 0 aliphatic carbocycles. The fourth-order valence-corrected chi connectivity index (χ4v) is 2.85. The standard InChI is InChI=1S/C19H16N4O/c1-13-6-5-7-14(10-13)11-23-12-20-18-16(23)19(24)22-17(21-18)15-8-3-2-4-9-15/h2-10,12H,11H2,1H3,(H,21,22,24). The molecular weight excluding hydrogens is 300 g/mol. The lowest BCUT2D eigenvalue weighted by Gasteiger charge is -2.05. The molecule has 0 saturated carbocycles. The van der Waals surface area contributed by atoms with Crippen LogP contribution in [0.4, 0.5) is 0 Å². The number of H-pyrrole nitrogens is 1. The van der Waals surface area contributed by atoms with Gasteiger partial charge in [0.15, 0.2) is 11.2 Å². The van der Waals surface area contributed by atoms with Gasteiger partial charge in [0.05, 0.1) is 6.33 Å². The minimum absolute atomic E-state index is 0.177. The van der Waals surface area contributed by atoms with Gasteiger partial charge in [-0.15, -0.1) is 0 Å². The summed E-state index contributed by atoms with van der Waals surface area (Å²) in [5, 5.41) is 0. The molecule has 24 heavy (non-hydrogen) atoms. The Morgan fingerprint density at radius 2 is 1.92 bits per heavy atom. The van der Waals surface area contributed by atoms with Gasteiger partial charge >= 0.3 is 0 Å². The molecule has 4 rings (SSSR count). The first-order valence-electron chi connectivity index (χ1n) is 7.77. The highest BCUT2D eigenvalue weighted by Crippen LogP contribution is 2.16. The van der Waals surface area contributed by atoms with E-state index in [4.69, 9.17) is 0 Å². The van der Waals surface area contributed by atoms with Gasteiger partial charge in [0.2, 0.25) is 0 Å². The lowest BCUT2D eigenvalue weighted by molar-refractivity contribution is 0.819. The number of imidazole rings is 1. The van der Waals surface area contributed by atoms with Crippen LogP contribution in [0.3, 0.4) is 0 Å². The molecule has 0 radical (unpaired) electrons. The van der Waals surface area contributed by atoms with Crippen LogP contribution in [0.2, 0.25) is 0 Å². The first-order chi connectivity index (χ1) is 11.7. The Morgan fingerprint density at radius 1 is 1.08 bits per heavy atom. The van der Waals surface area contributed by atoms with Gasteiger partial charge in [-0.1, -0.05) is 60.2 Å². The highest BCUT2D eigenvalue weighted by molar-refractivity contribution is 5.72. The topological polar surface area (TPSA) is 63.6 Å². The summed E-state index contributed by atoms with van der Waals surface area (Å²) in [5.74, 6) is 0.536. The summed E-state index contributed by atoms with van der Waals surface area (Å²) in [6.07, 6.45) is 1.67. The quantitative estimate of drug-likeness (QED) is 0.631. The van der Waals surface area contributed by atoms with Crippen LogP contribution in [0.15, 0.2) is 65.7 Å². The van der Waals surface area contributed by atoms with Gasteiger partial charge in [0, 0.05) is 12.1 Å². The average molecular weight is 316 g/mol. The van der Waals surface area contributed by atoms with Crippen LogP contribution >= 0.6 is 0 Å². The van der Waals surface area contributed by atoms with Gasteiger partial charge in [-0.25, -0.2) is 9.97 Å². The fraction of sp³-hybridized carbons (Fsp3) is 0.105. The van der Waals surface area contributed by atoms with E-state index in [0.717, 1.165) is 11.1 Å². The van der Waals surface area contributed by atoms with Crippen LogP contribution in [0, 0.1) is 6.92 Å². The van der Waals surface area contributed by atoms with Crippen LogP contribution < -0.4 is 5.56 Å². The van der Waals surface area contributed by atoms with E-state index >= 15 is 0 Å². The molecule has 5 nitrogen and oxygen atoms in total. The molecule has 2 aromatic carbocycles. The number of aryl methyl sites for hydroxylation is 1. The van der Waals surface area contributed by atoms with Crippen molar-refractivity contribution in [2.75, 3.05) is 0 Å². The van der Waals surface area contributed by atoms with E-state index in [-0.39, 0.29) is 5.56 Å². The van der Waals surface area contributed by atoms with E-state index < -0.39 is 0 Å². The van der Waals surface area contributed by atoms with E-state index in [1.54, 1.807) is 6.33 Å². The van der Waals surface area contributed by atoms with E-state index in [1.165, 1.54) is 5.56 Å². The second kappa shape index (κ2) is 5.77. The average Bonchev–Trinajstić information content (AvgIpc) is 2.99. The summed E-state index contributed by atoms with van der Waals surface area (Å²) in [4.78, 5) is 24.2. The van der Waals surface area contributed by atoms with Crippen molar-refractivity contribution in [1.29, 1.82) is 0 Å². The molecule has 0 atom stereocenters. The monoisotopic (exact) mass is 316 g/mol. The number of benzene rings is 2. The van der Waals surface area contributed by atoms with E-state index in [9.17, 15) is 4.79 Å². The number of fused-ring (bicyclic) bond motifs is 1. The Kier molecular flexibility index (Phi) is 3.46. The fourth-order valence-electron chi connectivity index (χ4n) is 2.85. The molecular formula is C19H16N4O. The molecule has 5 heteroatoms. The first kappa shape index (κ1) is 14.4. The molecule has 0 aliphatic rings. The SMILES string of the molecule is Cc1cccc(Cn2cnc3nc(-c4ccccc4)[nH]c(=O)c32)c1. The van der Waals surface area contributed by atoms with Crippen LogP contribution in [0.1, 0.15) is 11.1 Å². The zero-order valence-corrected chi connectivity index (χ0v) is 13.2. The zero-order chi connectivity index (χ0) is 16.5. The maximum absolute atomic E-state index is 12.6. The predicted octanol–water partition coefficient (Wildman–Crippen LogP) is 3.14. The number of aromatic amines is 1. The van der Waals surface area contributed by atoms with Crippen molar-refractivity contribution in [3.63, 3.8) is 0 Å². The molecule has 0 aliphatic heterocycles. The van der Waals surface area contributed by atoms with Gasteiger partial charge in [0.1, 0.15) is 5.82 Å². The maximum Gasteiger partial charge on any atom is 0.277 e. The highest BCUT2D eigenvalue weighted by atomic mass is 16.1. The van der Waals surface area contributed by atoms with E-state index in [2.05, 4.69) is 34.0 Å². The Balaban J connectivity index is 1.79. The van der Waals surface area contributed by atoms with Crippen molar-refractivity contribution in [1.82, 2.24) is 19.5 Å². The second-order valence-corrected chi connectivity index (χ2v) is 5.81. The second-order valence-electron chi connectivity index (χ2n) is 5.81. The molecule has 0 bridgehead atoms. The number of aromatic nitrogens is 4. The van der Waals surface area contributed by atoms with Gasteiger partial charge in [-0.3, -0.25) is 4.79 Å². The van der Waals surface area contributed by atoms with Crippen LogP contribution in [0.25, 0.3) is 22.6 Å². The molecule has 0 saturated heterocycles. The molecule has 2 aromatic heterocycles. The number of rotatable bonds is 3. The number of hydrogen-bond donors (Lipinski definition) is 1. The minimum atomic E-state index is -0.177. The number of nitrogens with one attached hydrogen (secondary N) is 1. The van der Waals surface area contributed by atoms with Crippen molar-refractivity contribution in [2.45, 2.75) is 13.5 Å². The molecule has 0 unspecified atom stereocenters. The molecule has 118 valence electrons. The van der Waals surface area contributed by atoms with Crippen LogP contribution in [-0.2, 0) is 6.54 Å². The normalized spacial score (nSPS) is 11.0. The minimum Gasteiger partial charge on any atom is -0.320 e. The summed E-state index contributed by atoms with van der Waals surface area (Å²) in [5.41, 5.74) is 3.96. The van der Waals surface area contributed by atoms with Gasteiger partial charge in [0.25, 0.3) is 5.56 Å². The molecule has 0 amide bonds. The Morgan fingerprint density at radius 3 is 2.71 bits per heavy atom. The van der Waals surface area contributed by atoms with Crippen molar-refractivity contribution in [3.8, 4) is 11.4 Å². The lowest BCUT2D eigenvalue weighted by atomic mass is 10.1. The largest absolute Gasteiger partial charge is 0.320 e. The Bertz CT molecular complexity index is 1060. The van der Waals surface area contributed by atoms with Crippen molar-refractivity contribution >= 4 is 11.2 Å². The number of hydrogen-bond acceptors (Lipinski definition) is 3. The summed E-state index contributed by atoms with van der Waals surface area (Å²) in [6.45, 7) is 2.64. The number of nitrogens with zero attached hydrogens (tertiary/aromatic N) is 3. The Labute approximate surface area is 138 Å². The third-order valence-corrected chi connectivity index (χ3v) is 3.97. The van der Waals surface area contributed by atoms with Crippen LogP contribution in [-0.4, -0.2) is 19.5 Å². The summed E-state index contributed by atoms with van der Waals surface area (Å²) >= 11 is 0. The maximum atomic E-state index is 12.6. The van der Waals surface area contributed by atoms with E-state index in [1.807, 2.05) is 47.0 Å². The van der Waals surface area contributed by atoms with Gasteiger partial charge in [-0.2, -0.15) is 0 Å². The highest BCUT2D eigenvalue weighted by Gasteiger charge is 2.11.